The second-order valence-corrected chi connectivity index (χ2v) is 21.8. The summed E-state index contributed by atoms with van der Waals surface area (Å²) in [7, 11) is 1.61. The van der Waals surface area contributed by atoms with E-state index in [-0.39, 0.29) is 104 Å². The Morgan fingerprint density at radius 3 is 2.24 bits per heavy atom. The van der Waals surface area contributed by atoms with E-state index in [0.29, 0.717) is 75.6 Å². The van der Waals surface area contributed by atoms with E-state index in [1.807, 2.05) is 18.2 Å². The lowest BCUT2D eigenvalue weighted by molar-refractivity contribution is -0.144. The van der Waals surface area contributed by atoms with Crippen molar-refractivity contribution in [3.05, 3.63) is 124 Å². The number of amides is 6. The summed E-state index contributed by atoms with van der Waals surface area (Å²) in [6, 6.07) is 16.9. The molecular formula is C58H74Cl3F3N10O8. The van der Waals surface area contributed by atoms with Crippen LogP contribution in [-0.4, -0.2) is 160 Å². The second kappa shape index (κ2) is 28.6. The molecule has 5 aliphatic heterocycles. The van der Waals surface area contributed by atoms with Gasteiger partial charge in [-0.1, -0.05) is 36.4 Å². The van der Waals surface area contributed by atoms with Crippen LogP contribution >= 0.6 is 37.2 Å². The first-order valence-corrected chi connectivity index (χ1v) is 27.2. The molecule has 5 aliphatic rings. The summed E-state index contributed by atoms with van der Waals surface area (Å²) in [5, 5.41) is 17.3. The molecule has 0 saturated carbocycles. The van der Waals surface area contributed by atoms with E-state index in [1.54, 1.807) is 50.1 Å². The van der Waals surface area contributed by atoms with Crippen molar-refractivity contribution in [3.63, 3.8) is 0 Å². The molecule has 82 heavy (non-hydrogen) atoms. The molecule has 4 aromatic rings. The Kier molecular flexibility index (Phi) is 22.8. The van der Waals surface area contributed by atoms with Gasteiger partial charge in [0.25, 0.3) is 5.91 Å². The van der Waals surface area contributed by atoms with Crippen LogP contribution in [0.2, 0.25) is 0 Å². The Bertz CT molecular complexity index is 2930. The number of piperazine rings is 1. The molecule has 0 spiro atoms. The van der Waals surface area contributed by atoms with Gasteiger partial charge in [0.1, 0.15) is 35.2 Å². The number of ether oxygens (including phenoxy) is 2. The number of hydrogen-bond donors (Lipinski definition) is 6. The summed E-state index contributed by atoms with van der Waals surface area (Å²) in [6.45, 7) is 12.0. The largest absolute Gasteiger partial charge is 0.381 e. The average molecular weight is 1200 g/mol. The minimum Gasteiger partial charge on any atom is -0.381 e. The monoisotopic (exact) mass is 1200 g/mol. The van der Waals surface area contributed by atoms with Gasteiger partial charge in [0.2, 0.25) is 29.5 Å². The van der Waals surface area contributed by atoms with Crippen molar-refractivity contribution < 1.29 is 51.4 Å². The van der Waals surface area contributed by atoms with Crippen LogP contribution in [-0.2, 0) is 56.6 Å². The van der Waals surface area contributed by atoms with Crippen LogP contribution in [0.5, 0.6) is 0 Å². The van der Waals surface area contributed by atoms with Crippen LogP contribution in [0.4, 0.5) is 30.2 Å². The first-order valence-electron chi connectivity index (χ1n) is 27.2. The molecule has 0 aliphatic carbocycles. The molecule has 7 atom stereocenters. The third-order valence-electron chi connectivity index (χ3n) is 16.2. The topological polar surface area (TPSA) is 206 Å². The number of benzene rings is 4. The highest BCUT2D eigenvalue weighted by Gasteiger charge is 2.48. The van der Waals surface area contributed by atoms with Crippen molar-refractivity contribution in [2.45, 2.75) is 95.2 Å². The molecule has 0 aromatic heterocycles. The van der Waals surface area contributed by atoms with Gasteiger partial charge in [-0.15, -0.1) is 37.2 Å². The Labute approximate surface area is 494 Å². The molecule has 3 fully saturated rings. The summed E-state index contributed by atoms with van der Waals surface area (Å²) >= 11 is 0. The van der Waals surface area contributed by atoms with Gasteiger partial charge in [-0.3, -0.25) is 38.6 Å². The van der Waals surface area contributed by atoms with E-state index in [4.69, 9.17) is 9.47 Å². The van der Waals surface area contributed by atoms with Gasteiger partial charge in [-0.25, -0.2) is 13.2 Å². The maximum absolute atomic E-state index is 15.0. The number of halogens is 6. The number of anilines is 3. The van der Waals surface area contributed by atoms with Crippen molar-refractivity contribution >= 4 is 89.7 Å². The van der Waals surface area contributed by atoms with E-state index in [2.05, 4.69) is 55.5 Å². The molecule has 5 heterocycles. The van der Waals surface area contributed by atoms with E-state index in [9.17, 15) is 33.2 Å². The maximum Gasteiger partial charge on any atom is 0.252 e. The molecule has 6 amide bonds. The van der Waals surface area contributed by atoms with Crippen LogP contribution in [0, 0.1) is 23.4 Å². The standard InChI is InChI=1S/C58H71F3N10O8.3ClH/c1-34-28-69(43(26-63-34)30-68-19-22-79-32-35(68)2)31-50(73)71-33-58(4,45-16-11-38(24-48(45)71)23-37-9-13-41(59)14-10-37)57(77)64-27-49(72)65-42-15-12-40-29-70(53(44(40)25-42)55(75)67-52-46(60)7-6-8-47(52)61)56(76)51(39-17-20-78-21-18-39)66-54(74)36(3)62-5;;;/h6-16,24-25,34-36,39,43,51,53,62-63H,17-23,26-33H2,1-5H3,(H,64,77)(H,65,72)(H,66,74)(H,67,75);3*1H/t34-,35-,36?,43-,51?,53+,58?;;;/m1.../s1. The van der Waals surface area contributed by atoms with Crippen LogP contribution in [0.25, 0.3) is 0 Å². The van der Waals surface area contributed by atoms with Crippen LogP contribution in [0.3, 0.4) is 0 Å². The summed E-state index contributed by atoms with van der Waals surface area (Å²) in [5.41, 5.74) is 1.86. The molecule has 3 saturated heterocycles. The molecule has 3 unspecified atom stereocenters. The molecule has 9 rings (SSSR count). The quantitative estimate of drug-likeness (QED) is 0.0804. The predicted octanol–water partition coefficient (Wildman–Crippen LogP) is 5.24. The Morgan fingerprint density at radius 2 is 1.55 bits per heavy atom. The molecule has 446 valence electrons. The molecular weight excluding hydrogens is 1130 g/mol. The number of hydrogen-bond acceptors (Lipinski definition) is 12. The van der Waals surface area contributed by atoms with Crippen LogP contribution < -0.4 is 36.8 Å². The average Bonchev–Trinajstić information content (AvgIpc) is 4.13. The minimum atomic E-state index is -1.46. The van der Waals surface area contributed by atoms with E-state index >= 15 is 8.78 Å². The molecule has 6 N–H and O–H groups in total. The summed E-state index contributed by atoms with van der Waals surface area (Å²) in [5.74, 6) is -6.05. The number of carbonyl (C=O) groups is 6. The van der Waals surface area contributed by atoms with Gasteiger partial charge < -0.3 is 51.2 Å². The predicted molar refractivity (Wildman–Crippen MR) is 312 cm³/mol. The summed E-state index contributed by atoms with van der Waals surface area (Å²) < 4.78 is 55.2. The van der Waals surface area contributed by atoms with Crippen LogP contribution in [0.15, 0.2) is 78.9 Å². The smallest absolute Gasteiger partial charge is 0.252 e. The number of nitrogens with one attached hydrogen (secondary N) is 6. The van der Waals surface area contributed by atoms with E-state index < -0.39 is 76.9 Å². The molecule has 4 aromatic carbocycles. The van der Waals surface area contributed by atoms with Gasteiger partial charge in [0, 0.05) is 82.0 Å². The highest BCUT2D eigenvalue weighted by Crippen LogP contribution is 2.43. The third-order valence-corrected chi connectivity index (χ3v) is 16.2. The Morgan fingerprint density at radius 1 is 0.841 bits per heavy atom. The zero-order valence-electron chi connectivity index (χ0n) is 46.6. The number of rotatable bonds is 17. The number of likely N-dealkylation sites (N-methyl/N-ethyl adjacent to an activating group) is 1. The Hall–Kier alpha value is -5.88. The first-order chi connectivity index (χ1) is 37.9. The van der Waals surface area contributed by atoms with Gasteiger partial charge in [-0.2, -0.15) is 0 Å². The fourth-order valence-corrected chi connectivity index (χ4v) is 11.5. The second-order valence-electron chi connectivity index (χ2n) is 21.8. The van der Waals surface area contributed by atoms with Crippen LogP contribution in [0.1, 0.15) is 74.4 Å². The lowest BCUT2D eigenvalue weighted by Gasteiger charge is -2.43. The zero-order valence-corrected chi connectivity index (χ0v) is 49.0. The Balaban J connectivity index is 0.00000360. The third kappa shape index (κ3) is 14.7. The van der Waals surface area contributed by atoms with Gasteiger partial charge in [-0.05, 0) is 130 Å². The normalized spacial score (nSPS) is 22.4. The number of fused-ring (bicyclic) bond motifs is 2. The lowest BCUT2D eigenvalue weighted by atomic mass is 9.83. The van der Waals surface area contributed by atoms with Gasteiger partial charge in [0.05, 0.1) is 37.8 Å². The molecule has 0 bridgehead atoms. The van der Waals surface area contributed by atoms with Gasteiger partial charge in [0.15, 0.2) is 0 Å². The number of carbonyl (C=O) groups excluding carboxylic acids is 6. The van der Waals surface area contributed by atoms with Crippen molar-refractivity contribution in [3.8, 4) is 0 Å². The van der Waals surface area contributed by atoms with Crippen molar-refractivity contribution in [2.24, 2.45) is 5.92 Å². The lowest BCUT2D eigenvalue weighted by Crippen LogP contribution is -2.62. The molecule has 0 radical (unpaired) electrons. The van der Waals surface area contributed by atoms with Gasteiger partial charge >= 0.3 is 0 Å². The van der Waals surface area contributed by atoms with Crippen molar-refractivity contribution in [1.82, 2.24) is 36.0 Å². The zero-order chi connectivity index (χ0) is 56.1. The summed E-state index contributed by atoms with van der Waals surface area (Å²) in [6.07, 6.45) is 1.35. The highest BCUT2D eigenvalue weighted by atomic mass is 35.5. The SMILES string of the molecule is CNC(C)C(=O)NC(C(=O)N1Cc2ccc(NC(=O)CNC(=O)C3(C)CN(C(=O)CN4C[C@@H](C)NC[C@@H]4CN4CCOC[C@H]4C)c4cc(Cc5ccc(F)cc5)ccc43)cc2[C@H]1C(=O)Nc1c(F)cccc1F)C1CCOCC1.Cl.Cl.Cl. The first kappa shape index (κ1) is 65.3. The van der Waals surface area contributed by atoms with Crippen molar-refractivity contribution in [2.75, 3.05) is 94.8 Å². The number of nitrogens with zero attached hydrogens (tertiary/aromatic N) is 4. The fraction of sp³-hybridized carbons (Fsp3) is 0.483. The number of morpholine rings is 1. The fourth-order valence-electron chi connectivity index (χ4n) is 11.5. The highest BCUT2D eigenvalue weighted by molar-refractivity contribution is 6.05. The number of para-hydroxylation sites is 1. The van der Waals surface area contributed by atoms with E-state index in [1.165, 1.54) is 23.1 Å². The summed E-state index contributed by atoms with van der Waals surface area (Å²) in [4.78, 5) is 93.3. The minimum absolute atomic E-state index is 0. The van der Waals surface area contributed by atoms with Crippen molar-refractivity contribution in [1.29, 1.82) is 0 Å². The molecule has 18 nitrogen and oxygen atoms in total. The maximum atomic E-state index is 15.0. The van der Waals surface area contributed by atoms with E-state index in [0.717, 1.165) is 42.4 Å². The molecule has 24 heteroatoms.